The van der Waals surface area contributed by atoms with Crippen molar-refractivity contribution in [2.45, 2.75) is 19.4 Å². The van der Waals surface area contributed by atoms with Crippen LogP contribution in [0.1, 0.15) is 13.3 Å². The summed E-state index contributed by atoms with van der Waals surface area (Å²) in [5.74, 6) is 0.355. The van der Waals surface area contributed by atoms with E-state index in [9.17, 15) is 15.2 Å². The summed E-state index contributed by atoms with van der Waals surface area (Å²) < 4.78 is 4.91. The zero-order chi connectivity index (χ0) is 15.0. The number of anilines is 2. The smallest absolute Gasteiger partial charge is 0.329 e. The number of nitrogens with zero attached hydrogens (tertiary/aromatic N) is 3. The van der Waals surface area contributed by atoms with Crippen LogP contribution in [0.25, 0.3) is 0 Å². The van der Waals surface area contributed by atoms with E-state index >= 15 is 0 Å². The highest BCUT2D eigenvalue weighted by atomic mass is 16.6. The molecule has 1 unspecified atom stereocenters. The zero-order valence-corrected chi connectivity index (χ0v) is 11.5. The lowest BCUT2D eigenvalue weighted by molar-refractivity contribution is -0.384. The van der Waals surface area contributed by atoms with Crippen LogP contribution in [0.15, 0.2) is 6.20 Å². The fourth-order valence-electron chi connectivity index (χ4n) is 1.47. The summed E-state index contributed by atoms with van der Waals surface area (Å²) in [6, 6.07) is -0.479. The Morgan fingerprint density at radius 1 is 1.60 bits per heavy atom. The lowest BCUT2D eigenvalue weighted by atomic mass is 10.3. The van der Waals surface area contributed by atoms with Gasteiger partial charge < -0.3 is 20.5 Å². The maximum atomic E-state index is 10.9. The molecule has 0 saturated heterocycles. The van der Waals surface area contributed by atoms with Gasteiger partial charge in [0.2, 0.25) is 11.8 Å². The lowest BCUT2D eigenvalue weighted by Gasteiger charge is -2.16. The van der Waals surface area contributed by atoms with E-state index in [2.05, 4.69) is 20.6 Å². The van der Waals surface area contributed by atoms with Gasteiger partial charge >= 0.3 is 5.69 Å². The van der Waals surface area contributed by atoms with E-state index in [-0.39, 0.29) is 24.7 Å². The molecule has 0 saturated carbocycles. The fourth-order valence-corrected chi connectivity index (χ4v) is 1.47. The van der Waals surface area contributed by atoms with Crippen LogP contribution in [0.2, 0.25) is 0 Å². The van der Waals surface area contributed by atoms with Crippen LogP contribution in [0.4, 0.5) is 17.5 Å². The number of rotatable bonds is 9. The van der Waals surface area contributed by atoms with Gasteiger partial charge in [-0.05, 0) is 6.42 Å². The molecule has 0 fully saturated rings. The molecule has 112 valence electrons. The van der Waals surface area contributed by atoms with Crippen LogP contribution in [0.5, 0.6) is 0 Å². The van der Waals surface area contributed by atoms with Gasteiger partial charge in [-0.1, -0.05) is 6.92 Å². The average molecular weight is 285 g/mol. The second-order valence-electron chi connectivity index (χ2n) is 4.09. The van der Waals surface area contributed by atoms with Crippen LogP contribution in [0, 0.1) is 10.1 Å². The molecule has 0 amide bonds. The van der Waals surface area contributed by atoms with Crippen LogP contribution in [-0.2, 0) is 4.74 Å². The number of nitrogens with one attached hydrogen (secondary N) is 2. The number of methoxy groups -OCH3 is 1. The van der Waals surface area contributed by atoms with Gasteiger partial charge in [0.1, 0.15) is 6.20 Å². The first-order chi connectivity index (χ1) is 9.62. The third-order valence-corrected chi connectivity index (χ3v) is 2.43. The third-order valence-electron chi connectivity index (χ3n) is 2.43. The van der Waals surface area contributed by atoms with Gasteiger partial charge in [0.15, 0.2) is 0 Å². The topological polar surface area (TPSA) is 122 Å². The number of aliphatic hydroxyl groups excluding tert-OH is 1. The van der Waals surface area contributed by atoms with Gasteiger partial charge in [-0.2, -0.15) is 4.98 Å². The fraction of sp³-hybridized carbons (Fsp3) is 0.636. The van der Waals surface area contributed by atoms with E-state index < -0.39 is 11.0 Å². The second-order valence-corrected chi connectivity index (χ2v) is 4.09. The summed E-state index contributed by atoms with van der Waals surface area (Å²) in [6.07, 6.45) is 2.01. The highest BCUT2D eigenvalue weighted by Crippen LogP contribution is 2.22. The molecule has 3 N–H and O–H groups in total. The minimum absolute atomic E-state index is 0.0553. The molecule has 0 aliphatic rings. The normalized spacial score (nSPS) is 11.9. The molecule has 1 aromatic rings. The number of hydrogen-bond acceptors (Lipinski definition) is 8. The van der Waals surface area contributed by atoms with E-state index in [4.69, 9.17) is 4.74 Å². The van der Waals surface area contributed by atoms with Crippen molar-refractivity contribution in [1.82, 2.24) is 9.97 Å². The van der Waals surface area contributed by atoms with Crippen molar-refractivity contribution in [3.8, 4) is 0 Å². The molecule has 0 bridgehead atoms. The maximum Gasteiger partial charge on any atom is 0.329 e. The largest absolute Gasteiger partial charge is 0.394 e. The SMILES string of the molecule is CCCNc1ncc([N+](=O)[O-])c(NC(CO)COC)n1. The predicted octanol–water partition coefficient (Wildman–Crippen LogP) is 0.626. The molecule has 20 heavy (non-hydrogen) atoms. The molecule has 0 aromatic carbocycles. The van der Waals surface area contributed by atoms with Crippen LogP contribution >= 0.6 is 0 Å². The molecular formula is C11H19N5O4. The Kier molecular flexibility index (Phi) is 6.60. The Hall–Kier alpha value is -2.00. The van der Waals surface area contributed by atoms with Crippen molar-refractivity contribution in [3.05, 3.63) is 16.3 Å². The zero-order valence-electron chi connectivity index (χ0n) is 11.5. The molecule has 0 aliphatic carbocycles. The van der Waals surface area contributed by atoms with Crippen molar-refractivity contribution in [1.29, 1.82) is 0 Å². The van der Waals surface area contributed by atoms with Crippen molar-refractivity contribution < 1.29 is 14.8 Å². The number of aliphatic hydroxyl groups is 1. The molecule has 9 nitrogen and oxygen atoms in total. The minimum Gasteiger partial charge on any atom is -0.394 e. The summed E-state index contributed by atoms with van der Waals surface area (Å²) in [6.45, 7) is 2.62. The minimum atomic E-state index is -0.576. The molecule has 9 heteroatoms. The number of aromatic nitrogens is 2. The summed E-state index contributed by atoms with van der Waals surface area (Å²) in [5.41, 5.74) is -0.249. The molecule has 1 rings (SSSR count). The Balaban J connectivity index is 2.95. The van der Waals surface area contributed by atoms with Gasteiger partial charge in [-0.3, -0.25) is 10.1 Å². The molecule has 0 spiro atoms. The molecular weight excluding hydrogens is 266 g/mol. The van der Waals surface area contributed by atoms with Crippen molar-refractivity contribution in [3.63, 3.8) is 0 Å². The number of hydrogen-bond donors (Lipinski definition) is 3. The number of ether oxygens (including phenoxy) is 1. The van der Waals surface area contributed by atoms with Gasteiger partial charge in [-0.15, -0.1) is 0 Å². The summed E-state index contributed by atoms with van der Waals surface area (Å²) in [5, 5.41) is 25.9. The number of nitro groups is 1. The summed E-state index contributed by atoms with van der Waals surface area (Å²) in [7, 11) is 1.48. The average Bonchev–Trinajstić information content (AvgIpc) is 2.44. The Morgan fingerprint density at radius 2 is 2.35 bits per heavy atom. The van der Waals surface area contributed by atoms with E-state index in [0.717, 1.165) is 12.6 Å². The predicted molar refractivity (Wildman–Crippen MR) is 73.8 cm³/mol. The van der Waals surface area contributed by atoms with E-state index in [1.165, 1.54) is 7.11 Å². The molecule has 0 radical (unpaired) electrons. The van der Waals surface area contributed by atoms with Gasteiger partial charge in [0.25, 0.3) is 0 Å². The van der Waals surface area contributed by atoms with Crippen molar-refractivity contribution in [2.75, 3.05) is 37.5 Å². The Morgan fingerprint density at radius 3 is 2.90 bits per heavy atom. The van der Waals surface area contributed by atoms with Gasteiger partial charge in [0.05, 0.1) is 24.2 Å². The van der Waals surface area contributed by atoms with Crippen molar-refractivity contribution >= 4 is 17.5 Å². The second kappa shape index (κ2) is 8.23. The van der Waals surface area contributed by atoms with Crippen LogP contribution < -0.4 is 10.6 Å². The third kappa shape index (κ3) is 4.59. The highest BCUT2D eigenvalue weighted by molar-refractivity contribution is 5.57. The summed E-state index contributed by atoms with van der Waals surface area (Å²) >= 11 is 0. The van der Waals surface area contributed by atoms with Crippen LogP contribution in [0.3, 0.4) is 0 Å². The first-order valence-corrected chi connectivity index (χ1v) is 6.24. The molecule has 1 atom stereocenters. The first kappa shape index (κ1) is 16.1. The standard InChI is InChI=1S/C11H19N5O4/c1-3-4-12-11-13-5-9(16(18)19)10(15-11)14-8(6-17)7-20-2/h5,8,17H,3-4,6-7H2,1-2H3,(H2,12,13,14,15). The monoisotopic (exact) mass is 285 g/mol. The Bertz CT molecular complexity index is 443. The quantitative estimate of drug-likeness (QED) is 0.446. The molecule has 0 aliphatic heterocycles. The van der Waals surface area contributed by atoms with Crippen LogP contribution in [-0.4, -0.2) is 52.9 Å². The lowest BCUT2D eigenvalue weighted by Crippen LogP contribution is -2.29. The van der Waals surface area contributed by atoms with Gasteiger partial charge in [-0.25, -0.2) is 4.98 Å². The van der Waals surface area contributed by atoms with Crippen molar-refractivity contribution in [2.24, 2.45) is 0 Å². The maximum absolute atomic E-state index is 10.9. The molecule has 1 aromatic heterocycles. The molecule has 1 heterocycles. The van der Waals surface area contributed by atoms with E-state index in [0.29, 0.717) is 12.5 Å². The first-order valence-electron chi connectivity index (χ1n) is 6.24. The van der Waals surface area contributed by atoms with Gasteiger partial charge in [0, 0.05) is 13.7 Å². The van der Waals surface area contributed by atoms with E-state index in [1.807, 2.05) is 6.92 Å². The summed E-state index contributed by atoms with van der Waals surface area (Å²) in [4.78, 5) is 18.3. The highest BCUT2D eigenvalue weighted by Gasteiger charge is 2.20. The van der Waals surface area contributed by atoms with E-state index in [1.54, 1.807) is 0 Å². The Labute approximate surface area is 116 Å².